The molecule has 0 unspecified atom stereocenters. The fraction of sp³-hybridized carbons (Fsp3) is 1.00. The van der Waals surface area contributed by atoms with Crippen LogP contribution in [0.4, 0.5) is 0 Å². The van der Waals surface area contributed by atoms with Gasteiger partial charge in [-0.3, -0.25) is 0 Å². The van der Waals surface area contributed by atoms with Gasteiger partial charge in [-0.1, -0.05) is 0 Å². The van der Waals surface area contributed by atoms with E-state index in [4.69, 9.17) is 18.9 Å². The molecule has 0 aliphatic carbocycles. The van der Waals surface area contributed by atoms with Crippen LogP contribution in [0.5, 0.6) is 0 Å². The van der Waals surface area contributed by atoms with E-state index in [-0.39, 0.29) is 12.8 Å². The van der Waals surface area contributed by atoms with Crippen LogP contribution in [-0.4, -0.2) is 161 Å². The van der Waals surface area contributed by atoms with Crippen molar-refractivity contribution in [1.29, 1.82) is 0 Å². The van der Waals surface area contributed by atoms with Crippen molar-refractivity contribution in [3.8, 4) is 0 Å². The predicted octanol–water partition coefficient (Wildman–Crippen LogP) is -6.77. The zero-order valence-electron chi connectivity index (χ0n) is 18.0. The van der Waals surface area contributed by atoms with Crippen LogP contribution in [0.15, 0.2) is 0 Å². The first-order valence-electron chi connectivity index (χ1n) is 11.0. The second kappa shape index (κ2) is 11.6. The molecule has 15 heteroatoms. The van der Waals surface area contributed by atoms with Crippen LogP contribution in [0.2, 0.25) is 0 Å². The van der Waals surface area contributed by atoms with Gasteiger partial charge in [-0.15, -0.1) is 0 Å². The minimum absolute atomic E-state index is 0.0707. The Morgan fingerprint density at radius 3 is 1.50 bits per heavy atom. The molecule has 0 aromatic rings. The minimum atomic E-state index is -1.85. The molecule has 3 rings (SSSR count). The molecule has 3 aliphatic rings. The molecule has 0 radical (unpaired) electrons. The highest BCUT2D eigenvalue weighted by atomic mass is 16.7. The van der Waals surface area contributed by atoms with E-state index in [1.54, 1.807) is 0 Å². The molecule has 3 aliphatic heterocycles. The molecule has 0 aromatic carbocycles. The molecule has 15 atom stereocenters. The Kier molecular flexibility index (Phi) is 9.57. The maximum Gasteiger partial charge on any atom is 0.187 e. The van der Waals surface area contributed by atoms with Crippen molar-refractivity contribution >= 4 is 0 Å². The average molecular weight is 502 g/mol. The molecule has 0 bridgehead atoms. The van der Waals surface area contributed by atoms with Gasteiger partial charge < -0.3 is 75.1 Å². The molecule has 0 saturated carbocycles. The van der Waals surface area contributed by atoms with Crippen molar-refractivity contribution in [3.63, 3.8) is 0 Å². The summed E-state index contributed by atoms with van der Waals surface area (Å²) in [5, 5.41) is 109. The van der Waals surface area contributed by atoms with Gasteiger partial charge in [0, 0.05) is 0 Å². The molecule has 34 heavy (non-hydrogen) atoms. The van der Waals surface area contributed by atoms with Gasteiger partial charge in [0.05, 0.1) is 25.4 Å². The summed E-state index contributed by atoms with van der Waals surface area (Å²) >= 11 is 0. The van der Waals surface area contributed by atoms with E-state index < -0.39 is 105 Å². The van der Waals surface area contributed by atoms with Gasteiger partial charge in [0.15, 0.2) is 12.6 Å². The molecular weight excluding hydrogens is 468 g/mol. The van der Waals surface area contributed by atoms with Crippen LogP contribution in [-0.2, 0) is 18.9 Å². The van der Waals surface area contributed by atoms with Gasteiger partial charge in [0.2, 0.25) is 0 Å². The third kappa shape index (κ3) is 5.54. The van der Waals surface area contributed by atoms with Crippen molar-refractivity contribution in [2.75, 3.05) is 13.2 Å². The van der Waals surface area contributed by atoms with Gasteiger partial charge in [-0.2, -0.15) is 0 Å². The smallest absolute Gasteiger partial charge is 0.187 e. The third-order valence-electron chi connectivity index (χ3n) is 6.53. The van der Waals surface area contributed by atoms with Crippen LogP contribution in [0.3, 0.4) is 0 Å². The maximum atomic E-state index is 10.7. The summed E-state index contributed by atoms with van der Waals surface area (Å²) in [6.45, 7) is -1.35. The highest BCUT2D eigenvalue weighted by Gasteiger charge is 2.51. The number of aliphatic hydroxyl groups excluding tert-OH is 11. The first-order chi connectivity index (χ1) is 16.0. The van der Waals surface area contributed by atoms with Crippen molar-refractivity contribution in [1.82, 2.24) is 0 Å². The minimum Gasteiger partial charge on any atom is -0.394 e. The number of ether oxygens (including phenoxy) is 4. The van der Waals surface area contributed by atoms with Gasteiger partial charge in [0.25, 0.3) is 0 Å². The molecule has 200 valence electrons. The molecule has 11 N–H and O–H groups in total. The van der Waals surface area contributed by atoms with Crippen LogP contribution >= 0.6 is 0 Å². The van der Waals surface area contributed by atoms with Gasteiger partial charge in [-0.05, 0) is 12.8 Å². The lowest BCUT2D eigenvalue weighted by atomic mass is 9.89. The highest BCUT2D eigenvalue weighted by molar-refractivity contribution is 4.96. The van der Waals surface area contributed by atoms with E-state index in [1.807, 2.05) is 0 Å². The summed E-state index contributed by atoms with van der Waals surface area (Å²) in [7, 11) is 0. The zero-order valence-corrected chi connectivity index (χ0v) is 18.0. The lowest BCUT2D eigenvalue weighted by Gasteiger charge is -2.46. The lowest BCUT2D eigenvalue weighted by molar-refractivity contribution is -0.355. The quantitative estimate of drug-likeness (QED) is 0.155. The predicted molar refractivity (Wildman–Crippen MR) is 105 cm³/mol. The summed E-state index contributed by atoms with van der Waals surface area (Å²) in [5.74, 6) is 0. The van der Waals surface area contributed by atoms with E-state index in [1.165, 1.54) is 0 Å². The van der Waals surface area contributed by atoms with E-state index in [0.717, 1.165) is 0 Å². The highest BCUT2D eigenvalue weighted by Crippen LogP contribution is 2.31. The van der Waals surface area contributed by atoms with Crippen molar-refractivity contribution < 1.29 is 75.1 Å². The largest absolute Gasteiger partial charge is 0.394 e. The first-order valence-corrected chi connectivity index (χ1v) is 11.0. The molecule has 3 saturated heterocycles. The summed E-state index contributed by atoms with van der Waals surface area (Å²) in [6, 6.07) is 0. The standard InChI is InChI=1S/C19H34O15/c20-3-7-10(23)13(26)9(22)5(31-7)1-2-6-12(25)17(16(29)18(30)32-6)34-19-15(28)14(27)11(24)8(4-21)33-19/h5-30H,1-4H2/t5-,6+,7+,8+,9+,10-,11-,12-,13-,14+,15-,16-,17+,18+,19-/m1/s1. The Hall–Kier alpha value is -0.600. The molecule has 0 amide bonds. The topological polar surface area (TPSA) is 259 Å². The molecule has 15 nitrogen and oxygen atoms in total. The number of hydrogen-bond donors (Lipinski definition) is 11. The normalized spacial score (nSPS) is 52.5. The van der Waals surface area contributed by atoms with Crippen molar-refractivity contribution in [2.45, 2.75) is 105 Å². The Morgan fingerprint density at radius 1 is 0.471 bits per heavy atom. The summed E-state index contributed by atoms with van der Waals surface area (Å²) in [4.78, 5) is 0. The lowest BCUT2D eigenvalue weighted by Crippen LogP contribution is -2.64. The number of hydrogen-bond acceptors (Lipinski definition) is 15. The Bertz CT molecular complexity index is 637. The van der Waals surface area contributed by atoms with Crippen molar-refractivity contribution in [3.05, 3.63) is 0 Å². The number of aliphatic hydroxyl groups is 11. The summed E-state index contributed by atoms with van der Waals surface area (Å²) in [5.41, 5.74) is 0. The Balaban J connectivity index is 1.65. The second-order valence-corrected chi connectivity index (χ2v) is 8.79. The van der Waals surface area contributed by atoms with Crippen LogP contribution in [0, 0.1) is 0 Å². The Morgan fingerprint density at radius 2 is 0.941 bits per heavy atom. The van der Waals surface area contributed by atoms with Crippen molar-refractivity contribution in [2.24, 2.45) is 0 Å². The Labute approximate surface area is 193 Å². The third-order valence-corrected chi connectivity index (χ3v) is 6.53. The average Bonchev–Trinajstić information content (AvgIpc) is 2.82. The fourth-order valence-corrected chi connectivity index (χ4v) is 4.40. The first kappa shape index (κ1) is 28.0. The molecule has 3 fully saturated rings. The monoisotopic (exact) mass is 502 g/mol. The van der Waals surface area contributed by atoms with Crippen LogP contribution < -0.4 is 0 Å². The number of rotatable bonds is 7. The van der Waals surface area contributed by atoms with Gasteiger partial charge in [0.1, 0.15) is 67.1 Å². The fourth-order valence-electron chi connectivity index (χ4n) is 4.40. The molecule has 0 spiro atoms. The SMILES string of the molecule is OC[C@@H]1O[C@H](CC[C@@H]2O[C@H](O)[C@H](O)[C@@H](O[C@H]3O[C@@H](CO)[C@@H](O)[C@H](O)[C@H]3O)[C@@H]2O)[C@H](O)[C@@H](O)[C@@H]1O. The zero-order chi connectivity index (χ0) is 25.3. The van der Waals surface area contributed by atoms with Gasteiger partial charge >= 0.3 is 0 Å². The van der Waals surface area contributed by atoms with Gasteiger partial charge in [-0.25, -0.2) is 0 Å². The van der Waals surface area contributed by atoms with Crippen LogP contribution in [0.1, 0.15) is 12.8 Å². The molecular formula is C19H34O15. The molecule has 0 aromatic heterocycles. The van der Waals surface area contributed by atoms with E-state index in [9.17, 15) is 56.2 Å². The maximum absolute atomic E-state index is 10.7. The molecule has 3 heterocycles. The van der Waals surface area contributed by atoms with E-state index in [0.29, 0.717) is 0 Å². The van der Waals surface area contributed by atoms with E-state index >= 15 is 0 Å². The van der Waals surface area contributed by atoms with E-state index in [2.05, 4.69) is 0 Å². The second-order valence-electron chi connectivity index (χ2n) is 8.79. The summed E-state index contributed by atoms with van der Waals surface area (Å²) < 4.78 is 21.2. The summed E-state index contributed by atoms with van der Waals surface area (Å²) in [6.07, 6.45) is -23.4. The van der Waals surface area contributed by atoms with Crippen LogP contribution in [0.25, 0.3) is 0 Å².